The lowest BCUT2D eigenvalue weighted by atomic mass is 10.1. The topological polar surface area (TPSA) is 64.1 Å². The van der Waals surface area contributed by atoms with Gasteiger partial charge in [-0.3, -0.25) is 10.1 Å². The lowest BCUT2D eigenvalue weighted by Gasteiger charge is -2.04. The van der Waals surface area contributed by atoms with Crippen LogP contribution in [0.3, 0.4) is 0 Å². The minimum Gasteiger partial charge on any atom is -0.496 e. The van der Waals surface area contributed by atoms with Crippen LogP contribution in [-0.4, -0.2) is 23.0 Å². The van der Waals surface area contributed by atoms with Crippen LogP contribution < -0.4 is 10.1 Å². The van der Waals surface area contributed by atoms with Crippen molar-refractivity contribution in [3.05, 3.63) is 45.7 Å². The summed E-state index contributed by atoms with van der Waals surface area (Å²) in [4.78, 5) is 20.7. The van der Waals surface area contributed by atoms with Gasteiger partial charge >= 0.3 is 0 Å². The zero-order chi connectivity index (χ0) is 15.5. The minimum absolute atomic E-state index is 0.245. The maximum atomic E-state index is 12.1. The number of hydrogen-bond donors (Lipinski definition) is 1. The predicted molar refractivity (Wildman–Crippen MR) is 88.9 cm³/mol. The van der Waals surface area contributed by atoms with E-state index in [-0.39, 0.29) is 5.91 Å². The summed E-state index contributed by atoms with van der Waals surface area (Å²) in [5, 5.41) is 7.79. The van der Waals surface area contributed by atoms with E-state index in [9.17, 15) is 4.79 Å². The van der Waals surface area contributed by atoms with Crippen LogP contribution in [0.5, 0.6) is 5.75 Å². The summed E-state index contributed by atoms with van der Waals surface area (Å²) in [5.74, 6) is 0.506. The Morgan fingerprint density at radius 1 is 1.18 bits per heavy atom. The number of anilines is 1. The molecule has 0 spiro atoms. The normalized spacial score (nSPS) is 10.5. The highest BCUT2D eigenvalue weighted by Crippen LogP contribution is 2.31. The number of ether oxygens (including phenoxy) is 1. The van der Waals surface area contributed by atoms with Crippen LogP contribution in [0, 0.1) is 6.92 Å². The highest BCUT2D eigenvalue weighted by atomic mass is 32.1. The van der Waals surface area contributed by atoms with Gasteiger partial charge in [0, 0.05) is 16.3 Å². The third kappa shape index (κ3) is 3.00. The van der Waals surface area contributed by atoms with Crippen LogP contribution in [0.2, 0.25) is 0 Å². The number of aromatic nitrogens is 2. The molecule has 0 aliphatic heterocycles. The molecule has 0 radical (unpaired) electrons. The molecular weight excluding hydrogens is 318 g/mol. The van der Waals surface area contributed by atoms with Crippen molar-refractivity contribution >= 4 is 33.7 Å². The second-order valence-corrected chi connectivity index (χ2v) is 6.36. The van der Waals surface area contributed by atoms with Crippen molar-refractivity contribution in [2.75, 3.05) is 12.4 Å². The molecule has 0 fully saturated rings. The number of nitrogens with one attached hydrogen (secondary N) is 1. The molecule has 0 aliphatic rings. The first-order valence-corrected chi connectivity index (χ1v) is 8.25. The Labute approximate surface area is 135 Å². The Hall–Kier alpha value is -2.25. The molecule has 5 nitrogen and oxygen atoms in total. The van der Waals surface area contributed by atoms with Crippen LogP contribution >= 0.6 is 22.7 Å². The van der Waals surface area contributed by atoms with E-state index in [0.29, 0.717) is 10.8 Å². The highest BCUT2D eigenvalue weighted by molar-refractivity contribution is 7.14. The number of benzene rings is 1. The summed E-state index contributed by atoms with van der Waals surface area (Å²) in [6, 6.07) is 7.64. The number of carbonyl (C=O) groups is 1. The third-order valence-electron chi connectivity index (χ3n) is 2.96. The van der Waals surface area contributed by atoms with Crippen LogP contribution in [0.15, 0.2) is 35.0 Å². The molecule has 1 amide bonds. The lowest BCUT2D eigenvalue weighted by molar-refractivity contribution is 0.102. The molecule has 2 heterocycles. The van der Waals surface area contributed by atoms with Gasteiger partial charge in [0.05, 0.1) is 17.8 Å². The molecule has 3 rings (SSSR count). The van der Waals surface area contributed by atoms with Gasteiger partial charge in [-0.15, -0.1) is 22.7 Å². The SMILES string of the molecule is COc1ccccc1-c1csc(NC(=O)c2csc(C)n2)n1. The van der Waals surface area contributed by atoms with Crippen molar-refractivity contribution in [2.24, 2.45) is 0 Å². The van der Waals surface area contributed by atoms with Crippen molar-refractivity contribution in [1.82, 2.24) is 9.97 Å². The zero-order valence-electron chi connectivity index (χ0n) is 12.0. The Balaban J connectivity index is 1.80. The molecule has 0 atom stereocenters. The maximum absolute atomic E-state index is 12.1. The van der Waals surface area contributed by atoms with E-state index in [0.717, 1.165) is 22.0 Å². The first-order valence-electron chi connectivity index (χ1n) is 6.50. The molecule has 0 saturated heterocycles. The van der Waals surface area contributed by atoms with Gasteiger partial charge in [0.15, 0.2) is 5.13 Å². The average molecular weight is 331 g/mol. The van der Waals surface area contributed by atoms with Crippen molar-refractivity contribution in [3.8, 4) is 17.0 Å². The van der Waals surface area contributed by atoms with Gasteiger partial charge in [0.25, 0.3) is 5.91 Å². The summed E-state index contributed by atoms with van der Waals surface area (Å²) >= 11 is 2.82. The van der Waals surface area contributed by atoms with Gasteiger partial charge in [0.2, 0.25) is 0 Å². The molecule has 3 aromatic rings. The van der Waals surface area contributed by atoms with Gasteiger partial charge in [-0.05, 0) is 19.1 Å². The monoisotopic (exact) mass is 331 g/mol. The van der Waals surface area contributed by atoms with E-state index in [1.807, 2.05) is 36.6 Å². The molecule has 1 N–H and O–H groups in total. The van der Waals surface area contributed by atoms with Crippen molar-refractivity contribution in [1.29, 1.82) is 0 Å². The van der Waals surface area contributed by atoms with Gasteiger partial charge in [-0.25, -0.2) is 9.97 Å². The summed E-state index contributed by atoms with van der Waals surface area (Å²) in [6.07, 6.45) is 0. The first-order chi connectivity index (χ1) is 10.7. The van der Waals surface area contributed by atoms with E-state index < -0.39 is 0 Å². The maximum Gasteiger partial charge on any atom is 0.276 e. The van der Waals surface area contributed by atoms with E-state index in [1.165, 1.54) is 22.7 Å². The number of para-hydroxylation sites is 1. The summed E-state index contributed by atoms with van der Waals surface area (Å²) in [7, 11) is 1.62. The minimum atomic E-state index is -0.245. The molecule has 7 heteroatoms. The molecule has 0 unspecified atom stereocenters. The Morgan fingerprint density at radius 3 is 2.73 bits per heavy atom. The second kappa shape index (κ2) is 6.25. The fraction of sp³-hybridized carbons (Fsp3) is 0.133. The summed E-state index contributed by atoms with van der Waals surface area (Å²) < 4.78 is 5.33. The smallest absolute Gasteiger partial charge is 0.276 e. The quantitative estimate of drug-likeness (QED) is 0.789. The lowest BCUT2D eigenvalue weighted by Crippen LogP contribution is -2.12. The number of methoxy groups -OCH3 is 1. The number of carbonyl (C=O) groups excluding carboxylic acids is 1. The third-order valence-corrected chi connectivity index (χ3v) is 4.49. The van der Waals surface area contributed by atoms with E-state index in [1.54, 1.807) is 12.5 Å². The highest BCUT2D eigenvalue weighted by Gasteiger charge is 2.13. The van der Waals surface area contributed by atoms with Crippen LogP contribution in [0.25, 0.3) is 11.3 Å². The largest absolute Gasteiger partial charge is 0.496 e. The first kappa shape index (κ1) is 14.7. The number of aryl methyl sites for hydroxylation is 1. The number of nitrogens with zero attached hydrogens (tertiary/aromatic N) is 2. The molecular formula is C15H13N3O2S2. The van der Waals surface area contributed by atoms with Gasteiger partial charge in [-0.2, -0.15) is 0 Å². The van der Waals surface area contributed by atoms with E-state index in [4.69, 9.17) is 4.74 Å². The van der Waals surface area contributed by atoms with Crippen molar-refractivity contribution in [3.63, 3.8) is 0 Å². The number of amides is 1. The fourth-order valence-electron chi connectivity index (χ4n) is 1.94. The van der Waals surface area contributed by atoms with E-state index in [2.05, 4.69) is 15.3 Å². The molecule has 0 saturated carbocycles. The second-order valence-electron chi connectivity index (χ2n) is 4.44. The van der Waals surface area contributed by atoms with Crippen molar-refractivity contribution < 1.29 is 9.53 Å². The van der Waals surface area contributed by atoms with Crippen LogP contribution in [0.4, 0.5) is 5.13 Å². The number of rotatable bonds is 4. The standard InChI is InChI=1S/C15H13N3O2S2/c1-9-16-12(8-21-9)14(19)18-15-17-11(7-22-15)10-5-3-4-6-13(10)20-2/h3-8H,1-2H3,(H,17,18,19). The molecule has 112 valence electrons. The van der Waals surface area contributed by atoms with Crippen LogP contribution in [0.1, 0.15) is 15.5 Å². The summed E-state index contributed by atoms with van der Waals surface area (Å²) in [5.41, 5.74) is 2.08. The van der Waals surface area contributed by atoms with Gasteiger partial charge in [0.1, 0.15) is 11.4 Å². The van der Waals surface area contributed by atoms with Crippen LogP contribution in [-0.2, 0) is 0 Å². The number of hydrogen-bond acceptors (Lipinski definition) is 6. The molecule has 22 heavy (non-hydrogen) atoms. The average Bonchev–Trinajstić information content (AvgIpc) is 3.16. The van der Waals surface area contributed by atoms with E-state index >= 15 is 0 Å². The number of thiazole rings is 2. The summed E-state index contributed by atoms with van der Waals surface area (Å²) in [6.45, 7) is 1.87. The Bertz CT molecular complexity index is 810. The molecule has 0 aliphatic carbocycles. The van der Waals surface area contributed by atoms with Gasteiger partial charge in [-0.1, -0.05) is 12.1 Å². The predicted octanol–water partition coefficient (Wildman–Crippen LogP) is 3.84. The Morgan fingerprint density at radius 2 is 2.00 bits per heavy atom. The zero-order valence-corrected chi connectivity index (χ0v) is 13.6. The fourth-order valence-corrected chi connectivity index (χ4v) is 3.24. The molecule has 0 bridgehead atoms. The molecule has 1 aromatic carbocycles. The van der Waals surface area contributed by atoms with Crippen molar-refractivity contribution in [2.45, 2.75) is 6.92 Å². The molecule has 2 aromatic heterocycles. The Kier molecular flexibility index (Phi) is 4.17. The van der Waals surface area contributed by atoms with Gasteiger partial charge < -0.3 is 4.74 Å².